The van der Waals surface area contributed by atoms with Crippen LogP contribution in [-0.2, 0) is 11.3 Å². The largest absolute Gasteiger partial charge is 0.363 e. The Bertz CT molecular complexity index is 608. The maximum absolute atomic E-state index is 12.5. The van der Waals surface area contributed by atoms with E-state index in [1.807, 2.05) is 37.0 Å². The fourth-order valence-electron chi connectivity index (χ4n) is 3.68. The maximum Gasteiger partial charge on any atom is 0.236 e. The van der Waals surface area contributed by atoms with Gasteiger partial charge in [-0.2, -0.15) is 0 Å². The van der Waals surface area contributed by atoms with E-state index in [1.54, 1.807) is 0 Å². The highest BCUT2D eigenvalue weighted by Gasteiger charge is 2.22. The first kappa shape index (κ1) is 19.0. The van der Waals surface area contributed by atoms with Crippen molar-refractivity contribution in [2.24, 2.45) is 0 Å². The van der Waals surface area contributed by atoms with Crippen molar-refractivity contribution in [3.63, 3.8) is 0 Å². The summed E-state index contributed by atoms with van der Waals surface area (Å²) in [4.78, 5) is 28.1. The lowest BCUT2D eigenvalue weighted by Gasteiger charge is -2.28. The first-order chi connectivity index (χ1) is 12.5. The summed E-state index contributed by atoms with van der Waals surface area (Å²) in [6.07, 6.45) is 5.75. The quantitative estimate of drug-likeness (QED) is 0.828. The van der Waals surface area contributed by atoms with Crippen LogP contribution in [0.5, 0.6) is 0 Å². The van der Waals surface area contributed by atoms with Gasteiger partial charge in [-0.1, -0.05) is 0 Å². The van der Waals surface area contributed by atoms with Gasteiger partial charge in [-0.3, -0.25) is 9.69 Å². The predicted molar refractivity (Wildman–Crippen MR) is 103 cm³/mol. The number of likely N-dealkylation sites (tertiary alicyclic amines) is 1. The van der Waals surface area contributed by atoms with E-state index in [1.165, 1.54) is 12.8 Å². The van der Waals surface area contributed by atoms with Crippen LogP contribution in [0.2, 0.25) is 0 Å². The first-order valence-corrected chi connectivity index (χ1v) is 9.78. The van der Waals surface area contributed by atoms with Crippen LogP contribution >= 0.6 is 0 Å². The van der Waals surface area contributed by atoms with E-state index >= 15 is 0 Å². The van der Waals surface area contributed by atoms with E-state index in [4.69, 9.17) is 9.97 Å². The highest BCUT2D eigenvalue weighted by Crippen LogP contribution is 2.22. The fourth-order valence-corrected chi connectivity index (χ4v) is 3.68. The first-order valence-electron chi connectivity index (χ1n) is 9.78. The Morgan fingerprint density at radius 2 is 1.96 bits per heavy atom. The molecule has 2 fully saturated rings. The minimum absolute atomic E-state index is 0.228. The Labute approximate surface area is 156 Å². The summed E-state index contributed by atoms with van der Waals surface area (Å²) in [5.74, 6) is 2.03. The van der Waals surface area contributed by atoms with E-state index in [-0.39, 0.29) is 11.9 Å². The number of carbonyl (C=O) groups excluding carboxylic acids is 1. The van der Waals surface area contributed by atoms with E-state index in [0.29, 0.717) is 13.1 Å². The van der Waals surface area contributed by atoms with Crippen LogP contribution in [0.1, 0.15) is 49.7 Å². The smallest absolute Gasteiger partial charge is 0.236 e. The lowest BCUT2D eigenvalue weighted by molar-refractivity contribution is -0.133. The van der Waals surface area contributed by atoms with Crippen molar-refractivity contribution in [3.05, 3.63) is 17.6 Å². The third-order valence-corrected chi connectivity index (χ3v) is 5.16. The molecule has 7 heteroatoms. The molecule has 0 bridgehead atoms. The molecular weight excluding hydrogens is 328 g/mol. The third-order valence-electron chi connectivity index (χ3n) is 5.16. The summed E-state index contributed by atoms with van der Waals surface area (Å²) in [5.41, 5.74) is 0.973. The summed E-state index contributed by atoms with van der Waals surface area (Å²) in [6.45, 7) is 3.94. The molecule has 0 radical (unpaired) electrons. The number of aromatic nitrogens is 2. The average molecular weight is 361 g/mol. The van der Waals surface area contributed by atoms with Gasteiger partial charge >= 0.3 is 0 Å². The summed E-state index contributed by atoms with van der Waals surface area (Å²) < 4.78 is 0. The molecule has 144 valence electrons. The van der Waals surface area contributed by atoms with Gasteiger partial charge in [-0.25, -0.2) is 9.97 Å². The molecule has 2 aliphatic heterocycles. The van der Waals surface area contributed by atoms with E-state index < -0.39 is 0 Å². The van der Waals surface area contributed by atoms with E-state index in [0.717, 1.165) is 56.2 Å². The van der Waals surface area contributed by atoms with Gasteiger partial charge < -0.3 is 15.1 Å². The Balaban J connectivity index is 1.66. The molecule has 2 saturated heterocycles. The lowest BCUT2D eigenvalue weighted by atomic mass is 10.1. The van der Waals surface area contributed by atoms with Gasteiger partial charge in [0, 0.05) is 39.8 Å². The molecule has 0 spiro atoms. The van der Waals surface area contributed by atoms with Gasteiger partial charge in [-0.05, 0) is 45.7 Å². The molecule has 3 heterocycles. The Morgan fingerprint density at radius 3 is 2.62 bits per heavy atom. The van der Waals surface area contributed by atoms with Crippen molar-refractivity contribution in [2.45, 2.75) is 44.7 Å². The number of anilines is 1. The summed E-state index contributed by atoms with van der Waals surface area (Å²) in [5, 5.41) is 3.48. The zero-order valence-electron chi connectivity index (χ0n) is 16.4. The van der Waals surface area contributed by atoms with Crippen LogP contribution in [0.4, 0.5) is 5.82 Å². The number of rotatable bonds is 6. The fraction of sp³-hybridized carbons (Fsp3) is 0.737. The minimum atomic E-state index is 0.228. The Morgan fingerprint density at radius 1 is 1.19 bits per heavy atom. The lowest BCUT2D eigenvalue weighted by Crippen LogP contribution is -2.41. The van der Waals surface area contributed by atoms with Gasteiger partial charge in [0.15, 0.2) is 0 Å². The Kier molecular flexibility index (Phi) is 6.43. The van der Waals surface area contributed by atoms with Crippen molar-refractivity contribution in [1.29, 1.82) is 0 Å². The molecule has 1 N–H and O–H groups in total. The summed E-state index contributed by atoms with van der Waals surface area (Å²) in [6, 6.07) is 2.27. The molecule has 0 saturated carbocycles. The van der Waals surface area contributed by atoms with Gasteiger partial charge in [0.1, 0.15) is 11.6 Å². The van der Waals surface area contributed by atoms with Crippen molar-refractivity contribution in [1.82, 2.24) is 25.1 Å². The standard InChI is InChI=1S/C19H32N6O/c1-23(2)17-12-15(21-19(22-17)16-8-7-9-20-16)13-24(3)14-18(26)25-10-5-4-6-11-25/h12,16,20H,4-11,13-14H2,1-3H3/t16-/m0/s1. The second kappa shape index (κ2) is 8.77. The van der Waals surface area contributed by atoms with Crippen LogP contribution in [0, 0.1) is 0 Å². The van der Waals surface area contributed by atoms with Gasteiger partial charge in [0.05, 0.1) is 18.3 Å². The molecule has 1 amide bonds. The number of piperidine rings is 1. The zero-order valence-corrected chi connectivity index (χ0v) is 16.4. The number of nitrogens with zero attached hydrogens (tertiary/aromatic N) is 5. The molecule has 2 aliphatic rings. The number of nitrogens with one attached hydrogen (secondary N) is 1. The van der Waals surface area contributed by atoms with Gasteiger partial charge in [0.25, 0.3) is 0 Å². The normalized spacial score (nSPS) is 20.6. The number of amides is 1. The minimum Gasteiger partial charge on any atom is -0.363 e. The van der Waals surface area contributed by atoms with Crippen LogP contribution in [0.3, 0.4) is 0 Å². The monoisotopic (exact) mass is 360 g/mol. The van der Waals surface area contributed by atoms with Crippen LogP contribution in [-0.4, -0.2) is 73.0 Å². The van der Waals surface area contributed by atoms with E-state index in [2.05, 4.69) is 10.2 Å². The van der Waals surface area contributed by atoms with Gasteiger partial charge in [-0.15, -0.1) is 0 Å². The van der Waals surface area contributed by atoms with Crippen LogP contribution in [0.25, 0.3) is 0 Å². The maximum atomic E-state index is 12.5. The van der Waals surface area contributed by atoms with Gasteiger partial charge in [0.2, 0.25) is 5.91 Å². The molecule has 1 atom stereocenters. The second-order valence-corrected chi connectivity index (χ2v) is 7.73. The highest BCUT2D eigenvalue weighted by molar-refractivity contribution is 5.78. The highest BCUT2D eigenvalue weighted by atomic mass is 16.2. The number of carbonyl (C=O) groups is 1. The summed E-state index contributed by atoms with van der Waals surface area (Å²) >= 11 is 0. The van der Waals surface area contributed by atoms with Crippen LogP contribution in [0.15, 0.2) is 6.07 Å². The van der Waals surface area contributed by atoms with Crippen molar-refractivity contribution >= 4 is 11.7 Å². The average Bonchev–Trinajstić information content (AvgIpc) is 3.16. The molecule has 7 nitrogen and oxygen atoms in total. The SMILES string of the molecule is CN(CC(=O)N1CCCCC1)Cc1cc(N(C)C)nc([C@@H]2CCCN2)n1. The van der Waals surface area contributed by atoms with Crippen molar-refractivity contribution in [2.75, 3.05) is 52.2 Å². The molecule has 0 unspecified atom stereocenters. The Hall–Kier alpha value is -1.73. The molecule has 0 aliphatic carbocycles. The predicted octanol–water partition coefficient (Wildman–Crippen LogP) is 1.41. The van der Waals surface area contributed by atoms with Crippen LogP contribution < -0.4 is 10.2 Å². The summed E-state index contributed by atoms with van der Waals surface area (Å²) in [7, 11) is 6.00. The number of hydrogen-bond donors (Lipinski definition) is 1. The molecule has 1 aromatic heterocycles. The number of likely N-dealkylation sites (N-methyl/N-ethyl adjacent to an activating group) is 1. The number of hydrogen-bond acceptors (Lipinski definition) is 6. The zero-order chi connectivity index (χ0) is 18.5. The van der Waals surface area contributed by atoms with E-state index in [9.17, 15) is 4.79 Å². The topological polar surface area (TPSA) is 64.6 Å². The van der Waals surface area contributed by atoms with Crippen molar-refractivity contribution < 1.29 is 4.79 Å². The second-order valence-electron chi connectivity index (χ2n) is 7.73. The molecule has 26 heavy (non-hydrogen) atoms. The molecule has 1 aromatic rings. The van der Waals surface area contributed by atoms with Crippen molar-refractivity contribution in [3.8, 4) is 0 Å². The molecular formula is C19H32N6O. The molecule has 3 rings (SSSR count). The third kappa shape index (κ3) is 4.92. The molecule has 0 aromatic carbocycles.